The van der Waals surface area contributed by atoms with Crippen molar-refractivity contribution in [1.82, 2.24) is 20.0 Å². The standard InChI is InChI=1S/C17H13F5N4O4/c18-11-2-7(13-23-24-14(30-13)12(19)20)1-9-10(11)5-25(15(9)27)4-8-3-17(21,22)6-26(8)16(28)29/h1-2,8,12H,3-6H2,(H,28,29)/t8-/m1/s1. The highest BCUT2D eigenvalue weighted by Crippen LogP contribution is 2.35. The Bertz CT molecular complexity index is 1030. The van der Waals surface area contributed by atoms with Crippen molar-refractivity contribution in [2.24, 2.45) is 0 Å². The first kappa shape index (κ1) is 20.0. The number of carbonyl (C=O) groups excluding carboxylic acids is 1. The molecule has 1 fully saturated rings. The van der Waals surface area contributed by atoms with Crippen LogP contribution in [0.1, 0.15) is 34.7 Å². The van der Waals surface area contributed by atoms with Gasteiger partial charge in [0.2, 0.25) is 5.89 Å². The topological polar surface area (TPSA) is 99.8 Å². The van der Waals surface area contributed by atoms with Crippen LogP contribution in [-0.4, -0.2) is 62.2 Å². The number of benzene rings is 1. The lowest BCUT2D eigenvalue weighted by atomic mass is 10.1. The SMILES string of the molecule is O=C1c2cc(-c3nnc(C(F)F)o3)cc(F)c2CN1C[C@H]1CC(F)(F)CN1C(=O)O. The summed E-state index contributed by atoms with van der Waals surface area (Å²) < 4.78 is 71.9. The molecule has 1 atom stereocenters. The highest BCUT2D eigenvalue weighted by molar-refractivity contribution is 5.99. The highest BCUT2D eigenvalue weighted by Gasteiger charge is 2.48. The van der Waals surface area contributed by atoms with Gasteiger partial charge in [-0.3, -0.25) is 9.69 Å². The summed E-state index contributed by atoms with van der Waals surface area (Å²) in [6.07, 6.45) is -5.32. The maximum Gasteiger partial charge on any atom is 0.407 e. The number of alkyl halides is 4. The number of halogens is 5. The fourth-order valence-electron chi connectivity index (χ4n) is 3.67. The smallest absolute Gasteiger partial charge is 0.407 e. The third-order valence-electron chi connectivity index (χ3n) is 4.99. The number of carbonyl (C=O) groups is 2. The van der Waals surface area contributed by atoms with Crippen LogP contribution in [-0.2, 0) is 6.54 Å². The number of amides is 2. The van der Waals surface area contributed by atoms with E-state index in [4.69, 9.17) is 9.52 Å². The third-order valence-corrected chi connectivity index (χ3v) is 4.99. The predicted octanol–water partition coefficient (Wildman–Crippen LogP) is 3.16. The maximum absolute atomic E-state index is 14.5. The Labute approximate surface area is 164 Å². The molecule has 0 saturated carbocycles. The molecule has 2 amide bonds. The van der Waals surface area contributed by atoms with Gasteiger partial charge in [-0.2, -0.15) is 8.78 Å². The molecule has 30 heavy (non-hydrogen) atoms. The molecule has 160 valence electrons. The van der Waals surface area contributed by atoms with Crippen LogP contribution in [0.15, 0.2) is 16.5 Å². The van der Waals surface area contributed by atoms with Crippen molar-refractivity contribution in [3.05, 3.63) is 35.0 Å². The molecule has 0 spiro atoms. The Kier molecular flexibility index (Phi) is 4.62. The van der Waals surface area contributed by atoms with Crippen molar-refractivity contribution >= 4 is 12.0 Å². The number of aromatic nitrogens is 2. The van der Waals surface area contributed by atoms with Gasteiger partial charge in [0.25, 0.3) is 17.7 Å². The van der Waals surface area contributed by atoms with Gasteiger partial charge in [-0.05, 0) is 12.1 Å². The molecular formula is C17H13F5N4O4. The average Bonchev–Trinajstić information content (AvgIpc) is 3.33. The molecule has 1 saturated heterocycles. The molecule has 0 radical (unpaired) electrons. The lowest BCUT2D eigenvalue weighted by molar-refractivity contribution is 0.0124. The van der Waals surface area contributed by atoms with Gasteiger partial charge < -0.3 is 14.4 Å². The summed E-state index contributed by atoms with van der Waals surface area (Å²) >= 11 is 0. The first-order valence-electron chi connectivity index (χ1n) is 8.67. The van der Waals surface area contributed by atoms with Crippen LogP contribution < -0.4 is 0 Å². The van der Waals surface area contributed by atoms with E-state index >= 15 is 0 Å². The van der Waals surface area contributed by atoms with Crippen LogP contribution in [0.3, 0.4) is 0 Å². The molecule has 2 aliphatic heterocycles. The number of carboxylic acid groups (broad SMARTS) is 1. The summed E-state index contributed by atoms with van der Waals surface area (Å²) in [7, 11) is 0. The van der Waals surface area contributed by atoms with E-state index < -0.39 is 61.0 Å². The Morgan fingerprint density at radius 1 is 1.33 bits per heavy atom. The fraction of sp³-hybridized carbons (Fsp3) is 0.412. The fourth-order valence-corrected chi connectivity index (χ4v) is 3.67. The Balaban J connectivity index is 1.58. The molecule has 4 rings (SSSR count). The largest absolute Gasteiger partial charge is 0.465 e. The number of hydrogen-bond donors (Lipinski definition) is 1. The van der Waals surface area contributed by atoms with Gasteiger partial charge in [0.1, 0.15) is 5.82 Å². The molecule has 0 aliphatic carbocycles. The highest BCUT2D eigenvalue weighted by atomic mass is 19.3. The molecular weight excluding hydrogens is 419 g/mol. The summed E-state index contributed by atoms with van der Waals surface area (Å²) in [5.74, 6) is -6.15. The zero-order chi connectivity index (χ0) is 21.8. The second kappa shape index (κ2) is 6.92. The summed E-state index contributed by atoms with van der Waals surface area (Å²) in [5.41, 5.74) is -0.238. The van der Waals surface area contributed by atoms with Crippen LogP contribution >= 0.6 is 0 Å². The average molecular weight is 432 g/mol. The number of rotatable bonds is 4. The van der Waals surface area contributed by atoms with Crippen molar-refractivity contribution in [1.29, 1.82) is 0 Å². The minimum absolute atomic E-state index is 0.0241. The quantitative estimate of drug-likeness (QED) is 0.746. The van der Waals surface area contributed by atoms with E-state index in [0.717, 1.165) is 11.0 Å². The summed E-state index contributed by atoms with van der Waals surface area (Å²) in [4.78, 5) is 25.5. The van der Waals surface area contributed by atoms with Gasteiger partial charge >= 0.3 is 12.5 Å². The van der Waals surface area contributed by atoms with Gasteiger partial charge in [-0.15, -0.1) is 10.2 Å². The summed E-state index contributed by atoms with van der Waals surface area (Å²) in [6.45, 7) is -1.58. The first-order valence-corrected chi connectivity index (χ1v) is 8.67. The minimum atomic E-state index is -3.22. The van der Waals surface area contributed by atoms with Crippen molar-refractivity contribution < 1.29 is 41.1 Å². The minimum Gasteiger partial charge on any atom is -0.465 e. The molecule has 3 heterocycles. The summed E-state index contributed by atoms with van der Waals surface area (Å²) in [6, 6.07) is 0.968. The summed E-state index contributed by atoms with van der Waals surface area (Å²) in [5, 5.41) is 15.7. The number of likely N-dealkylation sites (tertiary alicyclic amines) is 1. The second-order valence-corrected chi connectivity index (χ2v) is 7.04. The molecule has 1 aromatic heterocycles. The van der Waals surface area contributed by atoms with E-state index in [1.54, 1.807) is 0 Å². The van der Waals surface area contributed by atoms with Gasteiger partial charge in [-0.25, -0.2) is 18.0 Å². The molecule has 8 nitrogen and oxygen atoms in total. The van der Waals surface area contributed by atoms with Crippen LogP contribution in [0.25, 0.3) is 11.5 Å². The normalized spacial score (nSPS) is 20.3. The zero-order valence-electron chi connectivity index (χ0n) is 15.0. The first-order chi connectivity index (χ1) is 14.1. The van der Waals surface area contributed by atoms with Crippen molar-refractivity contribution in [2.75, 3.05) is 13.1 Å². The van der Waals surface area contributed by atoms with Crippen LogP contribution in [0.2, 0.25) is 0 Å². The van der Waals surface area contributed by atoms with E-state index in [1.807, 2.05) is 0 Å². The Hall–Kier alpha value is -3.25. The number of fused-ring (bicyclic) bond motifs is 1. The van der Waals surface area contributed by atoms with E-state index in [-0.39, 0.29) is 29.8 Å². The monoisotopic (exact) mass is 432 g/mol. The molecule has 0 unspecified atom stereocenters. The molecule has 1 N–H and O–H groups in total. The predicted molar refractivity (Wildman–Crippen MR) is 87.5 cm³/mol. The maximum atomic E-state index is 14.5. The van der Waals surface area contributed by atoms with E-state index in [1.165, 1.54) is 6.07 Å². The van der Waals surface area contributed by atoms with E-state index in [2.05, 4.69) is 10.2 Å². The van der Waals surface area contributed by atoms with Crippen LogP contribution in [0.5, 0.6) is 0 Å². The van der Waals surface area contributed by atoms with Crippen molar-refractivity contribution in [2.45, 2.75) is 31.4 Å². The molecule has 1 aromatic carbocycles. The van der Waals surface area contributed by atoms with Gasteiger partial charge in [0, 0.05) is 36.2 Å². The Morgan fingerprint density at radius 3 is 2.70 bits per heavy atom. The van der Waals surface area contributed by atoms with Crippen molar-refractivity contribution in [3.63, 3.8) is 0 Å². The van der Waals surface area contributed by atoms with Gasteiger partial charge in [-0.1, -0.05) is 0 Å². The molecule has 13 heteroatoms. The second-order valence-electron chi connectivity index (χ2n) is 7.04. The lowest BCUT2D eigenvalue weighted by Gasteiger charge is -2.25. The van der Waals surface area contributed by atoms with E-state index in [0.29, 0.717) is 4.90 Å². The van der Waals surface area contributed by atoms with Gasteiger partial charge in [0.05, 0.1) is 12.6 Å². The molecule has 2 aromatic rings. The lowest BCUT2D eigenvalue weighted by Crippen LogP contribution is -2.42. The molecule has 2 aliphatic rings. The van der Waals surface area contributed by atoms with E-state index in [9.17, 15) is 31.5 Å². The van der Waals surface area contributed by atoms with Gasteiger partial charge in [0.15, 0.2) is 0 Å². The van der Waals surface area contributed by atoms with Crippen LogP contribution in [0, 0.1) is 5.82 Å². The number of nitrogens with zero attached hydrogens (tertiary/aromatic N) is 4. The number of hydrogen-bond acceptors (Lipinski definition) is 5. The van der Waals surface area contributed by atoms with Crippen molar-refractivity contribution in [3.8, 4) is 11.5 Å². The molecule has 0 bridgehead atoms. The Morgan fingerprint density at radius 2 is 2.07 bits per heavy atom. The third kappa shape index (κ3) is 3.44. The zero-order valence-corrected chi connectivity index (χ0v) is 15.0. The van der Waals surface area contributed by atoms with Crippen LogP contribution in [0.4, 0.5) is 26.7 Å².